The van der Waals surface area contributed by atoms with Gasteiger partial charge in [-0.1, -0.05) is 30.3 Å². The van der Waals surface area contributed by atoms with Crippen molar-refractivity contribution >= 4 is 15.8 Å². The fourth-order valence-corrected chi connectivity index (χ4v) is 3.73. The summed E-state index contributed by atoms with van der Waals surface area (Å²) in [5.41, 5.74) is 1.29. The maximum absolute atomic E-state index is 12.5. The molecule has 0 aromatic heterocycles. The number of ether oxygens (including phenoxy) is 1. The third-order valence-electron chi connectivity index (χ3n) is 4.05. The number of aryl methyl sites for hydroxylation is 1. The lowest BCUT2D eigenvalue weighted by atomic mass is 10.1. The van der Waals surface area contributed by atoms with Crippen LogP contribution in [0.2, 0.25) is 0 Å². The summed E-state index contributed by atoms with van der Waals surface area (Å²) in [5.74, 6) is 0.310. The van der Waals surface area contributed by atoms with Crippen LogP contribution in [0.25, 0.3) is 0 Å². The van der Waals surface area contributed by atoms with Gasteiger partial charge >= 0.3 is 6.18 Å². The van der Waals surface area contributed by atoms with E-state index >= 15 is 0 Å². The third kappa shape index (κ3) is 7.58. The van der Waals surface area contributed by atoms with Crippen molar-refractivity contribution in [2.24, 2.45) is 4.99 Å². The Morgan fingerprint density at radius 2 is 1.80 bits per heavy atom. The van der Waals surface area contributed by atoms with Crippen molar-refractivity contribution < 1.29 is 26.3 Å². The molecule has 2 rings (SSSR count). The molecule has 0 atom stereocenters. The van der Waals surface area contributed by atoms with Gasteiger partial charge in [-0.15, -0.1) is 0 Å². The molecule has 10 heteroatoms. The van der Waals surface area contributed by atoms with Crippen molar-refractivity contribution in [1.29, 1.82) is 0 Å². The van der Waals surface area contributed by atoms with Gasteiger partial charge in [0.2, 0.25) is 0 Å². The van der Waals surface area contributed by atoms with Gasteiger partial charge in [0, 0.05) is 25.7 Å². The average Bonchev–Trinajstić information content (AvgIpc) is 2.70. The lowest BCUT2D eigenvalue weighted by Crippen LogP contribution is -2.39. The molecule has 2 aromatic rings. The first-order valence-corrected chi connectivity index (χ1v) is 10.8. The molecule has 0 amide bonds. The summed E-state index contributed by atoms with van der Waals surface area (Å²) in [7, 11) is -1.92. The highest BCUT2D eigenvalue weighted by Crippen LogP contribution is 2.23. The number of hydrogen-bond acceptors (Lipinski definition) is 4. The Kier molecular flexibility index (Phi) is 8.10. The minimum atomic E-state index is -4.43. The number of nitrogens with zero attached hydrogens (tertiary/aromatic N) is 1. The highest BCUT2D eigenvalue weighted by atomic mass is 32.2. The summed E-state index contributed by atoms with van der Waals surface area (Å²) in [6.07, 6.45) is -4.43. The second-order valence-electron chi connectivity index (χ2n) is 6.50. The molecule has 0 saturated carbocycles. The molecule has 0 radical (unpaired) electrons. The van der Waals surface area contributed by atoms with Crippen molar-refractivity contribution in [3.63, 3.8) is 0 Å². The van der Waals surface area contributed by atoms with E-state index in [1.807, 2.05) is 0 Å². The second kappa shape index (κ2) is 10.3. The number of hydrogen-bond donors (Lipinski definition) is 2. The number of aliphatic imine (C=N–C) groups is 1. The average molecular weight is 443 g/mol. The van der Waals surface area contributed by atoms with Crippen LogP contribution in [0.15, 0.2) is 58.4 Å². The smallest absolute Gasteiger partial charge is 0.422 e. The van der Waals surface area contributed by atoms with Crippen LogP contribution in [0.5, 0.6) is 5.75 Å². The van der Waals surface area contributed by atoms with Gasteiger partial charge < -0.3 is 15.4 Å². The topological polar surface area (TPSA) is 79.8 Å². The van der Waals surface area contributed by atoms with E-state index in [-0.39, 0.29) is 29.5 Å². The molecule has 2 N–H and O–H groups in total. The van der Waals surface area contributed by atoms with Crippen LogP contribution < -0.4 is 15.4 Å². The predicted octanol–water partition coefficient (Wildman–Crippen LogP) is 3.08. The zero-order valence-corrected chi connectivity index (χ0v) is 17.5. The molecule has 0 saturated heterocycles. The Morgan fingerprint density at radius 1 is 1.10 bits per heavy atom. The fraction of sp³-hybridized carbons (Fsp3) is 0.350. The Morgan fingerprint density at radius 3 is 2.43 bits per heavy atom. The number of nitrogens with one attached hydrogen (secondary N) is 2. The molecule has 0 aliphatic rings. The van der Waals surface area contributed by atoms with Crippen molar-refractivity contribution in [2.45, 2.75) is 24.5 Å². The van der Waals surface area contributed by atoms with E-state index in [1.165, 1.54) is 25.2 Å². The van der Waals surface area contributed by atoms with Gasteiger partial charge in [0.05, 0.1) is 10.6 Å². The van der Waals surface area contributed by atoms with Crippen LogP contribution >= 0.6 is 0 Å². The van der Waals surface area contributed by atoms with Crippen molar-refractivity contribution in [3.8, 4) is 5.75 Å². The minimum Gasteiger partial charge on any atom is -0.484 e. The SMILES string of the molecule is CN=C(NCCS(=O)(=O)c1ccccc1)NCc1ccc(C)cc1OCC(F)(F)F. The molecule has 0 aliphatic heterocycles. The molecular weight excluding hydrogens is 419 g/mol. The highest BCUT2D eigenvalue weighted by molar-refractivity contribution is 7.91. The molecular formula is C20H24F3N3O3S. The van der Waals surface area contributed by atoms with Crippen LogP contribution in [0.3, 0.4) is 0 Å². The standard InChI is InChI=1S/C20H24F3N3O3S/c1-15-8-9-16(18(12-15)29-14-20(21,22)23)13-26-19(24-2)25-10-11-30(27,28)17-6-4-3-5-7-17/h3-9,12H,10-11,13-14H2,1-2H3,(H2,24,25,26). The first-order chi connectivity index (χ1) is 14.1. The van der Waals surface area contributed by atoms with Gasteiger partial charge in [-0.25, -0.2) is 8.42 Å². The summed E-state index contributed by atoms with van der Waals surface area (Å²) in [5, 5.41) is 5.84. The van der Waals surface area contributed by atoms with Crippen LogP contribution in [0, 0.1) is 6.92 Å². The number of benzene rings is 2. The van der Waals surface area contributed by atoms with Gasteiger partial charge in [0.15, 0.2) is 22.4 Å². The summed E-state index contributed by atoms with van der Waals surface area (Å²) in [6.45, 7) is 0.639. The maximum atomic E-state index is 12.5. The summed E-state index contributed by atoms with van der Waals surface area (Å²) >= 11 is 0. The molecule has 0 heterocycles. The molecule has 164 valence electrons. The lowest BCUT2D eigenvalue weighted by molar-refractivity contribution is -0.153. The van der Waals surface area contributed by atoms with Crippen molar-refractivity contribution in [2.75, 3.05) is 26.0 Å². The number of rotatable bonds is 8. The summed E-state index contributed by atoms with van der Waals surface area (Å²) < 4.78 is 67.0. The van der Waals surface area contributed by atoms with Crippen LogP contribution in [0.4, 0.5) is 13.2 Å². The van der Waals surface area contributed by atoms with E-state index in [0.717, 1.165) is 5.56 Å². The first-order valence-electron chi connectivity index (χ1n) is 9.12. The molecule has 30 heavy (non-hydrogen) atoms. The van der Waals surface area contributed by atoms with Crippen molar-refractivity contribution in [3.05, 3.63) is 59.7 Å². The largest absolute Gasteiger partial charge is 0.484 e. The van der Waals surface area contributed by atoms with Gasteiger partial charge in [-0.05, 0) is 30.7 Å². The third-order valence-corrected chi connectivity index (χ3v) is 5.78. The number of guanidine groups is 1. The Balaban J connectivity index is 1.93. The van der Waals surface area contributed by atoms with Gasteiger partial charge in [-0.2, -0.15) is 13.2 Å². The molecule has 6 nitrogen and oxygen atoms in total. The molecule has 0 bridgehead atoms. The van der Waals surface area contributed by atoms with E-state index in [1.54, 1.807) is 37.3 Å². The number of halogens is 3. The van der Waals surface area contributed by atoms with Gasteiger partial charge in [0.25, 0.3) is 0 Å². The maximum Gasteiger partial charge on any atom is 0.422 e. The Bertz CT molecular complexity index is 962. The van der Waals surface area contributed by atoms with Crippen LogP contribution in [-0.4, -0.2) is 46.5 Å². The van der Waals surface area contributed by atoms with Crippen LogP contribution in [-0.2, 0) is 16.4 Å². The highest BCUT2D eigenvalue weighted by Gasteiger charge is 2.28. The van der Waals surface area contributed by atoms with E-state index in [0.29, 0.717) is 11.5 Å². The monoisotopic (exact) mass is 443 g/mol. The lowest BCUT2D eigenvalue weighted by Gasteiger charge is -2.16. The second-order valence-corrected chi connectivity index (χ2v) is 8.61. The normalized spacial score (nSPS) is 12.5. The number of sulfone groups is 1. The zero-order valence-electron chi connectivity index (χ0n) is 16.7. The van der Waals surface area contributed by atoms with Gasteiger partial charge in [-0.3, -0.25) is 4.99 Å². The van der Waals surface area contributed by atoms with Crippen molar-refractivity contribution in [1.82, 2.24) is 10.6 Å². The fourth-order valence-electron chi connectivity index (χ4n) is 2.55. The molecule has 0 spiro atoms. The Hall–Kier alpha value is -2.75. The molecule has 0 aliphatic carbocycles. The van der Waals surface area contributed by atoms with E-state index < -0.39 is 22.6 Å². The van der Waals surface area contributed by atoms with E-state index in [9.17, 15) is 21.6 Å². The van der Waals surface area contributed by atoms with Gasteiger partial charge in [0.1, 0.15) is 5.75 Å². The first kappa shape index (κ1) is 23.5. The molecule has 0 fully saturated rings. The summed E-state index contributed by atoms with van der Waals surface area (Å²) in [4.78, 5) is 4.24. The number of alkyl halides is 3. The predicted molar refractivity (Wildman–Crippen MR) is 109 cm³/mol. The minimum absolute atomic E-state index is 0.113. The molecule has 2 aromatic carbocycles. The van der Waals surface area contributed by atoms with Crippen LogP contribution in [0.1, 0.15) is 11.1 Å². The zero-order chi connectivity index (χ0) is 22.2. The van der Waals surface area contributed by atoms with E-state index in [2.05, 4.69) is 15.6 Å². The van der Waals surface area contributed by atoms with E-state index in [4.69, 9.17) is 4.74 Å². The quantitative estimate of drug-likeness (QED) is 0.484. The molecule has 0 unspecified atom stereocenters. The summed E-state index contributed by atoms with van der Waals surface area (Å²) in [6, 6.07) is 13.1. The Labute approximate surface area is 174 Å².